The first-order valence-electron chi connectivity index (χ1n) is 10.6. The molecular formula is C22H25ClN4O3S3. The predicted octanol–water partition coefficient (Wildman–Crippen LogP) is 5.02. The van der Waals surface area contributed by atoms with Gasteiger partial charge in [0.1, 0.15) is 4.34 Å². The van der Waals surface area contributed by atoms with Crippen molar-refractivity contribution in [3.05, 3.63) is 47.5 Å². The number of amides is 2. The summed E-state index contributed by atoms with van der Waals surface area (Å²) in [5.74, 6) is 0. The Labute approximate surface area is 208 Å². The number of aromatic nitrogens is 1. The van der Waals surface area contributed by atoms with Crippen LogP contribution in [0, 0.1) is 0 Å². The van der Waals surface area contributed by atoms with E-state index in [4.69, 9.17) is 11.6 Å². The van der Waals surface area contributed by atoms with Crippen LogP contribution in [0.25, 0.3) is 10.2 Å². The van der Waals surface area contributed by atoms with Gasteiger partial charge in [-0.1, -0.05) is 17.7 Å². The summed E-state index contributed by atoms with van der Waals surface area (Å²) < 4.78 is 28.9. The number of nitrogens with zero attached hydrogens (tertiary/aromatic N) is 3. The van der Waals surface area contributed by atoms with Gasteiger partial charge in [-0.3, -0.25) is 4.90 Å². The average molecular weight is 525 g/mol. The average Bonchev–Trinajstić information content (AvgIpc) is 3.13. The third-order valence-corrected chi connectivity index (χ3v) is 8.91. The molecule has 2 amide bonds. The molecule has 0 aliphatic carbocycles. The predicted molar refractivity (Wildman–Crippen MR) is 136 cm³/mol. The van der Waals surface area contributed by atoms with Gasteiger partial charge < -0.3 is 5.32 Å². The van der Waals surface area contributed by atoms with Gasteiger partial charge in [-0.25, -0.2) is 18.2 Å². The fourth-order valence-corrected chi connectivity index (χ4v) is 6.87. The summed E-state index contributed by atoms with van der Waals surface area (Å²) in [5, 5.41) is 3.47. The number of carbonyl (C=O) groups excluding carboxylic acids is 1. The minimum absolute atomic E-state index is 0.0610. The van der Waals surface area contributed by atoms with Crippen LogP contribution in [0.1, 0.15) is 26.7 Å². The van der Waals surface area contributed by atoms with Gasteiger partial charge in [0, 0.05) is 35.9 Å². The smallest absolute Gasteiger partial charge is 0.322 e. The number of sulfonamides is 1. The molecule has 11 heteroatoms. The monoisotopic (exact) mass is 524 g/mol. The molecule has 33 heavy (non-hydrogen) atoms. The maximum absolute atomic E-state index is 13.2. The Morgan fingerprint density at radius 1 is 1.24 bits per heavy atom. The van der Waals surface area contributed by atoms with Crippen LogP contribution in [0.15, 0.2) is 51.7 Å². The third kappa shape index (κ3) is 5.30. The number of urea groups is 1. The molecule has 2 aromatic carbocycles. The fraction of sp³-hybridized carbons (Fsp3) is 0.364. The van der Waals surface area contributed by atoms with E-state index in [1.165, 1.54) is 21.7 Å². The Bertz CT molecular complexity index is 1270. The summed E-state index contributed by atoms with van der Waals surface area (Å²) in [6, 6.07) is 11.6. The number of thiol groups is 1. The molecule has 1 aromatic heterocycles. The van der Waals surface area contributed by atoms with Crippen LogP contribution in [-0.4, -0.2) is 48.9 Å². The van der Waals surface area contributed by atoms with E-state index in [-0.39, 0.29) is 23.0 Å². The van der Waals surface area contributed by atoms with E-state index < -0.39 is 10.0 Å². The highest BCUT2D eigenvalue weighted by atomic mass is 35.5. The quantitative estimate of drug-likeness (QED) is 0.459. The Balaban J connectivity index is 1.42. The molecule has 0 bridgehead atoms. The number of hydrogen-bond acceptors (Lipinski definition) is 6. The minimum atomic E-state index is -3.61. The number of nitrogens with one attached hydrogen (secondary N) is 1. The number of anilines is 1. The second kappa shape index (κ2) is 9.79. The molecule has 0 unspecified atom stereocenters. The Hall–Kier alpha value is -1.85. The van der Waals surface area contributed by atoms with Crippen LogP contribution < -0.4 is 10.2 Å². The van der Waals surface area contributed by atoms with E-state index in [9.17, 15) is 13.2 Å². The van der Waals surface area contributed by atoms with E-state index >= 15 is 0 Å². The zero-order valence-electron chi connectivity index (χ0n) is 18.2. The van der Waals surface area contributed by atoms with Crippen LogP contribution in [0.4, 0.5) is 10.5 Å². The van der Waals surface area contributed by atoms with Gasteiger partial charge in [0.05, 0.1) is 15.1 Å². The van der Waals surface area contributed by atoms with Crippen molar-refractivity contribution in [2.45, 2.75) is 48.0 Å². The Kier molecular flexibility index (Phi) is 7.20. The zero-order valence-corrected chi connectivity index (χ0v) is 21.5. The normalized spacial score (nSPS) is 15.8. The van der Waals surface area contributed by atoms with Crippen LogP contribution in [0.2, 0.25) is 5.02 Å². The van der Waals surface area contributed by atoms with Crippen molar-refractivity contribution in [2.75, 3.05) is 18.0 Å². The first-order chi connectivity index (χ1) is 15.6. The number of benzene rings is 2. The molecule has 0 saturated carbocycles. The van der Waals surface area contributed by atoms with Gasteiger partial charge in [-0.05, 0) is 63.1 Å². The largest absolute Gasteiger partial charge is 0.335 e. The number of hydrogen-bond donors (Lipinski definition) is 2. The van der Waals surface area contributed by atoms with E-state index in [2.05, 4.69) is 22.9 Å². The maximum Gasteiger partial charge on any atom is 0.322 e. The number of thiazole rings is 1. The SMILES string of the molecule is CC(C)N(C(=O)NC1CCN(S(=O)(=O)c2cccc(Cl)c2)CC1)c1ccc2nc(S)sc2c1. The first-order valence-corrected chi connectivity index (χ1v) is 13.7. The molecule has 176 valence electrons. The summed E-state index contributed by atoms with van der Waals surface area (Å²) >= 11 is 11.8. The number of carbonyl (C=O) groups is 1. The highest BCUT2D eigenvalue weighted by Crippen LogP contribution is 2.30. The molecule has 1 aliphatic heterocycles. The van der Waals surface area contributed by atoms with Gasteiger partial charge >= 0.3 is 6.03 Å². The molecular weight excluding hydrogens is 500 g/mol. The molecule has 7 nitrogen and oxygen atoms in total. The number of piperidine rings is 1. The van der Waals surface area contributed by atoms with Crippen molar-refractivity contribution >= 4 is 67.5 Å². The second-order valence-corrected chi connectivity index (χ2v) is 12.3. The minimum Gasteiger partial charge on any atom is -0.335 e. The highest BCUT2D eigenvalue weighted by Gasteiger charge is 2.31. The molecule has 1 fully saturated rings. The molecule has 0 radical (unpaired) electrons. The summed E-state index contributed by atoms with van der Waals surface area (Å²) in [5.41, 5.74) is 1.64. The maximum atomic E-state index is 13.2. The lowest BCUT2D eigenvalue weighted by atomic mass is 10.1. The van der Waals surface area contributed by atoms with Crippen LogP contribution in [0.5, 0.6) is 0 Å². The van der Waals surface area contributed by atoms with Gasteiger partial charge in [0.15, 0.2) is 0 Å². The topological polar surface area (TPSA) is 82.6 Å². The first kappa shape index (κ1) is 24.3. The van der Waals surface area contributed by atoms with Gasteiger partial charge in [-0.2, -0.15) is 4.31 Å². The van der Waals surface area contributed by atoms with Crippen molar-refractivity contribution in [3.8, 4) is 0 Å². The van der Waals surface area contributed by atoms with E-state index in [0.29, 0.717) is 35.3 Å². The lowest BCUT2D eigenvalue weighted by Gasteiger charge is -2.34. The van der Waals surface area contributed by atoms with Crippen molar-refractivity contribution in [2.24, 2.45) is 0 Å². The number of rotatable bonds is 5. The molecule has 1 saturated heterocycles. The number of halogens is 1. The van der Waals surface area contributed by atoms with Crippen molar-refractivity contribution in [1.82, 2.24) is 14.6 Å². The summed E-state index contributed by atoms with van der Waals surface area (Å²) in [6.45, 7) is 4.58. The Morgan fingerprint density at radius 2 is 1.97 bits per heavy atom. The molecule has 3 aromatic rings. The summed E-state index contributed by atoms with van der Waals surface area (Å²) in [7, 11) is -3.61. The second-order valence-electron chi connectivity index (χ2n) is 8.20. The van der Waals surface area contributed by atoms with Crippen molar-refractivity contribution < 1.29 is 13.2 Å². The van der Waals surface area contributed by atoms with Gasteiger partial charge in [0.25, 0.3) is 0 Å². The third-order valence-electron chi connectivity index (χ3n) is 5.59. The summed E-state index contributed by atoms with van der Waals surface area (Å²) in [4.78, 5) is 19.4. The molecule has 0 spiro atoms. The highest BCUT2D eigenvalue weighted by molar-refractivity contribution is 7.89. The summed E-state index contributed by atoms with van der Waals surface area (Å²) in [6.07, 6.45) is 1.07. The van der Waals surface area contributed by atoms with E-state index in [0.717, 1.165) is 15.9 Å². The molecule has 1 aliphatic rings. The van der Waals surface area contributed by atoms with Crippen LogP contribution in [-0.2, 0) is 10.0 Å². The molecule has 0 atom stereocenters. The van der Waals surface area contributed by atoms with Gasteiger partial charge in [0.2, 0.25) is 10.0 Å². The molecule has 2 heterocycles. The van der Waals surface area contributed by atoms with Gasteiger partial charge in [-0.15, -0.1) is 24.0 Å². The van der Waals surface area contributed by atoms with Crippen LogP contribution >= 0.6 is 35.6 Å². The Morgan fingerprint density at radius 3 is 2.64 bits per heavy atom. The fourth-order valence-electron chi connectivity index (χ4n) is 3.96. The lowest BCUT2D eigenvalue weighted by molar-refractivity contribution is 0.231. The van der Waals surface area contributed by atoms with Crippen molar-refractivity contribution in [1.29, 1.82) is 0 Å². The van der Waals surface area contributed by atoms with E-state index in [1.807, 2.05) is 32.0 Å². The number of fused-ring (bicyclic) bond motifs is 1. The molecule has 4 rings (SSSR count). The lowest BCUT2D eigenvalue weighted by Crippen LogP contribution is -2.51. The standard InChI is InChI=1S/C22H25ClN4O3S3/c1-14(2)27(17-6-7-19-20(13-17)32-22(31)25-19)21(28)24-16-8-10-26(11-9-16)33(29,30)18-5-3-4-15(23)12-18/h3-7,12-14,16H,8-11H2,1-2H3,(H,24,28)(H,25,31). The van der Waals surface area contributed by atoms with Crippen molar-refractivity contribution in [3.63, 3.8) is 0 Å². The van der Waals surface area contributed by atoms with E-state index in [1.54, 1.807) is 23.1 Å². The molecule has 1 N–H and O–H groups in total. The zero-order chi connectivity index (χ0) is 23.8. The van der Waals surface area contributed by atoms with Crippen LogP contribution in [0.3, 0.4) is 0 Å².